The highest BCUT2D eigenvalue weighted by molar-refractivity contribution is 7.14. The average Bonchev–Trinajstić information content (AvgIpc) is 3.45. The number of thiophene rings is 1. The van der Waals surface area contributed by atoms with Crippen molar-refractivity contribution in [1.29, 1.82) is 0 Å². The van der Waals surface area contributed by atoms with Crippen LogP contribution in [0.2, 0.25) is 0 Å². The molecule has 2 saturated heterocycles. The predicted molar refractivity (Wildman–Crippen MR) is 129 cm³/mol. The number of nitrogens with one attached hydrogen (secondary N) is 2. The number of rotatable bonds is 6. The van der Waals surface area contributed by atoms with E-state index in [0.717, 1.165) is 64.0 Å². The molecule has 2 aliphatic rings. The first kappa shape index (κ1) is 21.6. The lowest BCUT2D eigenvalue weighted by molar-refractivity contribution is 0.176. The number of hydrogen-bond acceptors (Lipinski definition) is 6. The minimum Gasteiger partial charge on any atom is -0.363 e. The molecule has 0 unspecified atom stereocenters. The third kappa shape index (κ3) is 5.95. The molecule has 2 N–H and O–H groups in total. The van der Waals surface area contributed by atoms with Gasteiger partial charge in [-0.1, -0.05) is 0 Å². The second-order valence-corrected chi connectivity index (χ2v) is 10.4. The van der Waals surface area contributed by atoms with Gasteiger partial charge in [0.25, 0.3) is 0 Å². The molecule has 0 spiro atoms. The maximum atomic E-state index is 4.61. The summed E-state index contributed by atoms with van der Waals surface area (Å²) in [5.74, 6) is 1.68. The maximum absolute atomic E-state index is 4.61. The zero-order chi connectivity index (χ0) is 20.8. The quantitative estimate of drug-likeness (QED) is 0.525. The summed E-state index contributed by atoms with van der Waals surface area (Å²) in [5.41, 5.74) is 1.23. The molecule has 0 amide bonds. The van der Waals surface area contributed by atoms with Gasteiger partial charge in [0.2, 0.25) is 0 Å². The fourth-order valence-corrected chi connectivity index (χ4v) is 5.77. The number of piperidine rings is 2. The SMILES string of the molecule is CN=C(NCC1CCN(Cc2csc(C)n2)CC1)NC1CCN(c2cccs2)CC1. The second kappa shape index (κ2) is 10.6. The number of aromatic nitrogens is 1. The number of likely N-dealkylation sites (tertiary alicyclic amines) is 1. The first-order valence-corrected chi connectivity index (χ1v) is 12.8. The molecule has 4 heterocycles. The summed E-state index contributed by atoms with van der Waals surface area (Å²) in [6, 6.07) is 4.87. The minimum atomic E-state index is 0.510. The summed E-state index contributed by atoms with van der Waals surface area (Å²) >= 11 is 3.59. The average molecular weight is 447 g/mol. The van der Waals surface area contributed by atoms with Crippen LogP contribution in [0, 0.1) is 12.8 Å². The summed E-state index contributed by atoms with van der Waals surface area (Å²) in [6.07, 6.45) is 4.80. The van der Waals surface area contributed by atoms with Crippen LogP contribution < -0.4 is 15.5 Å². The van der Waals surface area contributed by atoms with Crippen LogP contribution in [-0.4, -0.2) is 61.7 Å². The van der Waals surface area contributed by atoms with Gasteiger partial charge >= 0.3 is 0 Å². The molecule has 6 nitrogen and oxygen atoms in total. The lowest BCUT2D eigenvalue weighted by Gasteiger charge is -2.34. The lowest BCUT2D eigenvalue weighted by Crippen LogP contribution is -2.49. The molecule has 0 aromatic carbocycles. The van der Waals surface area contributed by atoms with Gasteiger partial charge in [-0.25, -0.2) is 4.98 Å². The van der Waals surface area contributed by atoms with Gasteiger partial charge in [-0.2, -0.15) is 0 Å². The zero-order valence-corrected chi connectivity index (χ0v) is 19.8. The Morgan fingerprint density at radius 3 is 2.60 bits per heavy atom. The Morgan fingerprint density at radius 1 is 1.17 bits per heavy atom. The monoisotopic (exact) mass is 446 g/mol. The van der Waals surface area contributed by atoms with E-state index in [1.807, 2.05) is 18.4 Å². The van der Waals surface area contributed by atoms with Gasteiger partial charge in [-0.05, 0) is 69.1 Å². The van der Waals surface area contributed by atoms with E-state index >= 15 is 0 Å². The van der Waals surface area contributed by atoms with Crippen LogP contribution in [0.1, 0.15) is 36.4 Å². The molecule has 0 aliphatic carbocycles. The van der Waals surface area contributed by atoms with Gasteiger partial charge in [0, 0.05) is 44.6 Å². The van der Waals surface area contributed by atoms with Crippen molar-refractivity contribution in [3.63, 3.8) is 0 Å². The van der Waals surface area contributed by atoms with Crippen molar-refractivity contribution < 1.29 is 0 Å². The first-order valence-electron chi connectivity index (χ1n) is 11.1. The van der Waals surface area contributed by atoms with Gasteiger partial charge in [0.1, 0.15) is 0 Å². The molecule has 0 bridgehead atoms. The third-order valence-electron chi connectivity index (χ3n) is 6.19. The van der Waals surface area contributed by atoms with E-state index in [2.05, 4.69) is 60.2 Å². The Labute approximate surface area is 188 Å². The Kier molecular flexibility index (Phi) is 7.62. The van der Waals surface area contributed by atoms with Crippen LogP contribution in [0.15, 0.2) is 27.9 Å². The van der Waals surface area contributed by atoms with Crippen LogP contribution in [-0.2, 0) is 6.54 Å². The summed E-state index contributed by atoms with van der Waals surface area (Å²) in [6.45, 7) is 8.65. The smallest absolute Gasteiger partial charge is 0.191 e. The van der Waals surface area contributed by atoms with Gasteiger partial charge in [0.05, 0.1) is 15.7 Å². The molecular weight excluding hydrogens is 412 g/mol. The maximum Gasteiger partial charge on any atom is 0.191 e. The highest BCUT2D eigenvalue weighted by Gasteiger charge is 2.22. The lowest BCUT2D eigenvalue weighted by atomic mass is 9.97. The normalized spacial score (nSPS) is 19.9. The summed E-state index contributed by atoms with van der Waals surface area (Å²) in [7, 11) is 1.88. The molecular formula is C22H34N6S2. The number of hydrogen-bond donors (Lipinski definition) is 2. The Balaban J connectivity index is 1.14. The topological polar surface area (TPSA) is 55.8 Å². The molecule has 4 rings (SSSR count). The standard InChI is InChI=1S/C22H34N6S2/c1-17-25-20(16-30-17)15-27-9-5-18(6-10-27)14-24-22(23-2)26-19-7-11-28(12-8-19)21-4-3-13-29-21/h3-4,13,16,18-19H,5-12,14-15H2,1-2H3,(H2,23,24,26). The van der Waals surface area contributed by atoms with Gasteiger partial charge in [-0.3, -0.25) is 9.89 Å². The fourth-order valence-electron chi connectivity index (χ4n) is 4.38. The third-order valence-corrected chi connectivity index (χ3v) is 7.95. The molecule has 30 heavy (non-hydrogen) atoms. The van der Waals surface area contributed by atoms with E-state index in [9.17, 15) is 0 Å². The second-order valence-electron chi connectivity index (χ2n) is 8.39. The molecule has 2 aromatic rings. The Hall–Kier alpha value is -1.64. The van der Waals surface area contributed by atoms with Crippen molar-refractivity contribution in [2.75, 3.05) is 44.7 Å². The molecule has 8 heteroatoms. The van der Waals surface area contributed by atoms with Crippen molar-refractivity contribution in [3.05, 3.63) is 33.6 Å². The number of aliphatic imine (C=N–C) groups is 1. The van der Waals surface area contributed by atoms with Gasteiger partial charge in [-0.15, -0.1) is 22.7 Å². The first-order chi connectivity index (χ1) is 14.7. The van der Waals surface area contributed by atoms with E-state index in [-0.39, 0.29) is 0 Å². The molecule has 2 aromatic heterocycles. The van der Waals surface area contributed by atoms with Crippen molar-refractivity contribution in [3.8, 4) is 0 Å². The van der Waals surface area contributed by atoms with Crippen molar-refractivity contribution >= 4 is 33.6 Å². The van der Waals surface area contributed by atoms with E-state index in [0.29, 0.717) is 6.04 Å². The van der Waals surface area contributed by atoms with Crippen LogP contribution >= 0.6 is 22.7 Å². The number of aryl methyl sites for hydroxylation is 1. The van der Waals surface area contributed by atoms with E-state index in [4.69, 9.17) is 0 Å². The van der Waals surface area contributed by atoms with Crippen LogP contribution in [0.3, 0.4) is 0 Å². The molecule has 0 saturated carbocycles. The predicted octanol–water partition coefficient (Wildman–Crippen LogP) is 3.56. The molecule has 2 aliphatic heterocycles. The highest BCUT2D eigenvalue weighted by Crippen LogP contribution is 2.25. The largest absolute Gasteiger partial charge is 0.363 e. The van der Waals surface area contributed by atoms with Crippen LogP contribution in [0.4, 0.5) is 5.00 Å². The Bertz CT molecular complexity index is 786. The number of nitrogens with zero attached hydrogens (tertiary/aromatic N) is 4. The van der Waals surface area contributed by atoms with Gasteiger partial charge < -0.3 is 15.5 Å². The summed E-state index contributed by atoms with van der Waals surface area (Å²) < 4.78 is 0. The highest BCUT2D eigenvalue weighted by atomic mass is 32.1. The summed E-state index contributed by atoms with van der Waals surface area (Å²) in [5, 5.41) is 14.2. The number of thiazole rings is 1. The number of anilines is 1. The molecule has 0 radical (unpaired) electrons. The molecule has 0 atom stereocenters. The Morgan fingerprint density at radius 2 is 1.97 bits per heavy atom. The molecule has 2 fully saturated rings. The van der Waals surface area contributed by atoms with Crippen molar-refractivity contribution in [1.82, 2.24) is 20.5 Å². The van der Waals surface area contributed by atoms with E-state index in [1.165, 1.54) is 28.5 Å². The zero-order valence-electron chi connectivity index (χ0n) is 18.1. The van der Waals surface area contributed by atoms with Crippen molar-refractivity contribution in [2.24, 2.45) is 10.9 Å². The summed E-state index contributed by atoms with van der Waals surface area (Å²) in [4.78, 5) is 14.1. The van der Waals surface area contributed by atoms with Crippen molar-refractivity contribution in [2.45, 2.75) is 45.2 Å². The van der Waals surface area contributed by atoms with Crippen LogP contribution in [0.25, 0.3) is 0 Å². The van der Waals surface area contributed by atoms with Gasteiger partial charge in [0.15, 0.2) is 5.96 Å². The van der Waals surface area contributed by atoms with Crippen LogP contribution in [0.5, 0.6) is 0 Å². The minimum absolute atomic E-state index is 0.510. The van der Waals surface area contributed by atoms with E-state index < -0.39 is 0 Å². The molecule has 164 valence electrons. The fraction of sp³-hybridized carbons (Fsp3) is 0.636. The van der Waals surface area contributed by atoms with E-state index in [1.54, 1.807) is 11.3 Å². The number of guanidine groups is 1.